The number of aromatic nitrogens is 2. The molecule has 0 unspecified atom stereocenters. The second-order valence-corrected chi connectivity index (χ2v) is 4.83. The van der Waals surface area contributed by atoms with Gasteiger partial charge in [-0.25, -0.2) is 8.78 Å². The first-order valence-electron chi connectivity index (χ1n) is 6.37. The lowest BCUT2D eigenvalue weighted by molar-refractivity contribution is 0.102. The van der Waals surface area contributed by atoms with Crippen LogP contribution in [0.25, 0.3) is 0 Å². The largest absolute Gasteiger partial charge is 0.318 e. The van der Waals surface area contributed by atoms with Crippen molar-refractivity contribution in [3.05, 3.63) is 46.8 Å². The zero-order chi connectivity index (χ0) is 14.3. The van der Waals surface area contributed by atoms with E-state index in [-0.39, 0.29) is 5.69 Å². The SMILES string of the molecule is Cn1nc(C(=O)Nc2ccc(F)cc2F)c2c1CCC2. The van der Waals surface area contributed by atoms with Crippen LogP contribution in [0, 0.1) is 11.6 Å². The minimum Gasteiger partial charge on any atom is -0.318 e. The first-order chi connectivity index (χ1) is 9.56. The highest BCUT2D eigenvalue weighted by atomic mass is 19.1. The van der Waals surface area contributed by atoms with Crippen molar-refractivity contribution in [3.8, 4) is 0 Å². The van der Waals surface area contributed by atoms with Crippen molar-refractivity contribution in [2.24, 2.45) is 7.05 Å². The lowest BCUT2D eigenvalue weighted by atomic mass is 10.2. The molecule has 1 aliphatic rings. The van der Waals surface area contributed by atoms with Crippen molar-refractivity contribution in [2.45, 2.75) is 19.3 Å². The van der Waals surface area contributed by atoms with Crippen LogP contribution >= 0.6 is 0 Å². The van der Waals surface area contributed by atoms with E-state index >= 15 is 0 Å². The van der Waals surface area contributed by atoms with Gasteiger partial charge in [0.05, 0.1) is 5.69 Å². The zero-order valence-corrected chi connectivity index (χ0v) is 10.9. The van der Waals surface area contributed by atoms with Gasteiger partial charge in [0.25, 0.3) is 5.91 Å². The number of hydrogen-bond acceptors (Lipinski definition) is 2. The van der Waals surface area contributed by atoms with Crippen molar-refractivity contribution in [2.75, 3.05) is 5.32 Å². The van der Waals surface area contributed by atoms with E-state index in [1.165, 1.54) is 6.07 Å². The van der Waals surface area contributed by atoms with Gasteiger partial charge in [-0.15, -0.1) is 0 Å². The third-order valence-electron chi connectivity index (χ3n) is 3.51. The van der Waals surface area contributed by atoms with E-state index in [1.54, 1.807) is 11.7 Å². The molecule has 0 bridgehead atoms. The molecule has 0 atom stereocenters. The predicted molar refractivity (Wildman–Crippen MR) is 69.5 cm³/mol. The van der Waals surface area contributed by atoms with E-state index in [9.17, 15) is 13.6 Å². The van der Waals surface area contributed by atoms with E-state index in [0.717, 1.165) is 42.7 Å². The quantitative estimate of drug-likeness (QED) is 0.916. The van der Waals surface area contributed by atoms with Crippen LogP contribution in [0.1, 0.15) is 28.2 Å². The Bertz CT molecular complexity index is 694. The van der Waals surface area contributed by atoms with Crippen LogP contribution in [0.3, 0.4) is 0 Å². The molecule has 0 radical (unpaired) electrons. The Balaban J connectivity index is 1.89. The molecule has 4 nitrogen and oxygen atoms in total. The van der Waals surface area contributed by atoms with E-state index in [4.69, 9.17) is 0 Å². The first-order valence-corrected chi connectivity index (χ1v) is 6.37. The average molecular weight is 277 g/mol. The van der Waals surface area contributed by atoms with Crippen LogP contribution in [-0.4, -0.2) is 15.7 Å². The summed E-state index contributed by atoms with van der Waals surface area (Å²) in [7, 11) is 1.79. The number of nitrogens with zero attached hydrogens (tertiary/aromatic N) is 2. The Hall–Kier alpha value is -2.24. The van der Waals surface area contributed by atoms with E-state index in [1.807, 2.05) is 0 Å². The fraction of sp³-hybridized carbons (Fsp3) is 0.286. The third-order valence-corrected chi connectivity index (χ3v) is 3.51. The first kappa shape index (κ1) is 12.8. The van der Waals surface area contributed by atoms with Crippen LogP contribution in [-0.2, 0) is 19.9 Å². The van der Waals surface area contributed by atoms with Gasteiger partial charge < -0.3 is 5.32 Å². The molecule has 0 saturated carbocycles. The second-order valence-electron chi connectivity index (χ2n) is 4.83. The number of halogens is 2. The summed E-state index contributed by atoms with van der Waals surface area (Å²) in [5.74, 6) is -1.94. The number of benzene rings is 1. The summed E-state index contributed by atoms with van der Waals surface area (Å²) in [6.07, 6.45) is 2.70. The van der Waals surface area contributed by atoms with Gasteiger partial charge in [-0.05, 0) is 31.4 Å². The summed E-state index contributed by atoms with van der Waals surface area (Å²) >= 11 is 0. The van der Waals surface area contributed by atoms with Crippen LogP contribution in [0.15, 0.2) is 18.2 Å². The van der Waals surface area contributed by atoms with Gasteiger partial charge in [-0.2, -0.15) is 5.10 Å². The maximum absolute atomic E-state index is 13.5. The number of carbonyl (C=O) groups excluding carboxylic acids is 1. The fourth-order valence-electron chi connectivity index (χ4n) is 2.57. The average Bonchev–Trinajstić information content (AvgIpc) is 2.97. The molecule has 0 spiro atoms. The van der Waals surface area contributed by atoms with Crippen LogP contribution in [0.2, 0.25) is 0 Å². The molecular formula is C14H13F2N3O. The van der Waals surface area contributed by atoms with Crippen LogP contribution < -0.4 is 5.32 Å². The Morgan fingerprint density at radius 3 is 2.90 bits per heavy atom. The number of hydrogen-bond donors (Lipinski definition) is 1. The number of rotatable bonds is 2. The van der Waals surface area contributed by atoms with Crippen molar-refractivity contribution >= 4 is 11.6 Å². The molecular weight excluding hydrogens is 264 g/mol. The van der Waals surface area contributed by atoms with Gasteiger partial charge >= 0.3 is 0 Å². The summed E-state index contributed by atoms with van der Waals surface area (Å²) in [6, 6.07) is 3.03. The van der Waals surface area contributed by atoms with Gasteiger partial charge in [-0.1, -0.05) is 0 Å². The van der Waals surface area contributed by atoms with E-state index < -0.39 is 17.5 Å². The van der Waals surface area contributed by atoms with Gasteiger partial charge in [0.15, 0.2) is 5.69 Å². The number of fused-ring (bicyclic) bond motifs is 1. The van der Waals surface area contributed by atoms with Crippen LogP contribution in [0.4, 0.5) is 14.5 Å². The van der Waals surface area contributed by atoms with Gasteiger partial charge in [0.1, 0.15) is 11.6 Å². The zero-order valence-electron chi connectivity index (χ0n) is 10.9. The normalized spacial score (nSPS) is 13.3. The summed E-state index contributed by atoms with van der Waals surface area (Å²) in [5, 5.41) is 6.62. The Kier molecular flexibility index (Phi) is 3.00. The molecule has 1 aliphatic carbocycles. The molecule has 0 saturated heterocycles. The molecule has 1 aromatic heterocycles. The molecule has 1 heterocycles. The highest BCUT2D eigenvalue weighted by Gasteiger charge is 2.25. The second kappa shape index (κ2) is 4.70. The minimum absolute atomic E-state index is 0.0474. The molecule has 1 N–H and O–H groups in total. The van der Waals surface area contributed by atoms with Crippen molar-refractivity contribution in [1.29, 1.82) is 0 Å². The maximum Gasteiger partial charge on any atom is 0.276 e. The molecule has 6 heteroatoms. The lowest BCUT2D eigenvalue weighted by Gasteiger charge is -2.05. The molecule has 2 aromatic rings. The molecule has 3 rings (SSSR count). The number of carbonyl (C=O) groups is 1. The van der Waals surface area contributed by atoms with Gasteiger partial charge in [0, 0.05) is 24.4 Å². The number of amides is 1. The number of aryl methyl sites for hydroxylation is 1. The van der Waals surface area contributed by atoms with Gasteiger partial charge in [0.2, 0.25) is 0 Å². The van der Waals surface area contributed by atoms with Crippen molar-refractivity contribution in [3.63, 3.8) is 0 Å². The highest BCUT2D eigenvalue weighted by Crippen LogP contribution is 2.25. The predicted octanol–water partition coefficient (Wildman–Crippen LogP) is 2.44. The topological polar surface area (TPSA) is 46.9 Å². The summed E-state index contributed by atoms with van der Waals surface area (Å²) in [6.45, 7) is 0. The standard InChI is InChI=1S/C14H13F2N3O/c1-19-12-4-2-3-9(12)13(18-19)14(20)17-11-6-5-8(15)7-10(11)16/h5-7H,2-4H2,1H3,(H,17,20). The number of nitrogens with one attached hydrogen (secondary N) is 1. The lowest BCUT2D eigenvalue weighted by Crippen LogP contribution is -2.15. The Morgan fingerprint density at radius 2 is 2.15 bits per heavy atom. The minimum atomic E-state index is -0.800. The molecule has 1 amide bonds. The van der Waals surface area contributed by atoms with Crippen molar-refractivity contribution < 1.29 is 13.6 Å². The summed E-state index contributed by atoms with van der Waals surface area (Å²) < 4.78 is 28.0. The third kappa shape index (κ3) is 2.07. The Labute approximate surface area is 114 Å². The van der Waals surface area contributed by atoms with Crippen molar-refractivity contribution in [1.82, 2.24) is 9.78 Å². The summed E-state index contributed by atoms with van der Waals surface area (Å²) in [5.41, 5.74) is 2.25. The fourth-order valence-corrected chi connectivity index (χ4v) is 2.57. The van der Waals surface area contributed by atoms with E-state index in [0.29, 0.717) is 5.69 Å². The van der Waals surface area contributed by atoms with E-state index in [2.05, 4.69) is 10.4 Å². The molecule has 0 fully saturated rings. The smallest absolute Gasteiger partial charge is 0.276 e. The molecule has 0 aliphatic heterocycles. The molecule has 104 valence electrons. The highest BCUT2D eigenvalue weighted by molar-refractivity contribution is 6.04. The molecule has 20 heavy (non-hydrogen) atoms. The monoisotopic (exact) mass is 277 g/mol. The summed E-state index contributed by atoms with van der Waals surface area (Å²) in [4.78, 5) is 12.2. The molecule has 1 aromatic carbocycles. The van der Waals surface area contributed by atoms with Crippen LogP contribution in [0.5, 0.6) is 0 Å². The maximum atomic E-state index is 13.5. The van der Waals surface area contributed by atoms with Gasteiger partial charge in [-0.3, -0.25) is 9.48 Å². The Morgan fingerprint density at radius 1 is 1.35 bits per heavy atom. The number of anilines is 1.